The molecule has 33 heavy (non-hydrogen) atoms. The molecular formula is C24H24Cl2N4O3. The molecule has 0 saturated carbocycles. The number of rotatable bonds is 10. The summed E-state index contributed by atoms with van der Waals surface area (Å²) in [4.78, 5) is 28.7. The van der Waals surface area contributed by atoms with Crippen molar-refractivity contribution in [2.24, 2.45) is 5.73 Å². The highest BCUT2D eigenvalue weighted by atomic mass is 35.5. The molecule has 1 atom stereocenters. The third-order valence-corrected chi connectivity index (χ3v) is 5.37. The lowest BCUT2D eigenvalue weighted by Gasteiger charge is -2.12. The molecule has 2 aromatic carbocycles. The lowest BCUT2D eigenvalue weighted by atomic mass is 10.0. The van der Waals surface area contributed by atoms with Gasteiger partial charge < -0.3 is 21.1 Å². The van der Waals surface area contributed by atoms with E-state index in [9.17, 15) is 9.59 Å². The summed E-state index contributed by atoms with van der Waals surface area (Å²) in [7, 11) is 0. The van der Waals surface area contributed by atoms with Crippen LogP contribution in [-0.2, 0) is 22.5 Å². The first-order valence-corrected chi connectivity index (χ1v) is 11.1. The largest absolute Gasteiger partial charge is 0.388 e. The average Bonchev–Trinajstić information content (AvgIpc) is 2.80. The zero-order valence-corrected chi connectivity index (χ0v) is 19.3. The first-order chi connectivity index (χ1) is 15.9. The molecular weight excluding hydrogens is 463 g/mol. The first-order valence-electron chi connectivity index (χ1n) is 10.3. The van der Waals surface area contributed by atoms with Gasteiger partial charge in [-0.05, 0) is 41.8 Å². The molecule has 0 unspecified atom stereocenters. The Kier molecular flexibility index (Phi) is 9.21. The van der Waals surface area contributed by atoms with Crippen LogP contribution >= 0.6 is 23.2 Å². The van der Waals surface area contributed by atoms with Crippen LogP contribution in [0.2, 0.25) is 10.0 Å². The van der Waals surface area contributed by atoms with E-state index < -0.39 is 18.0 Å². The number of esters is 2. The van der Waals surface area contributed by atoms with Crippen molar-refractivity contribution in [1.29, 1.82) is 0 Å². The predicted molar refractivity (Wildman–Crippen MR) is 129 cm³/mol. The quantitative estimate of drug-likeness (QED) is 0.227. The fourth-order valence-electron chi connectivity index (χ4n) is 3.02. The Morgan fingerprint density at radius 3 is 2.30 bits per heavy atom. The van der Waals surface area contributed by atoms with E-state index >= 15 is 0 Å². The van der Waals surface area contributed by atoms with Crippen molar-refractivity contribution in [2.45, 2.75) is 19.0 Å². The van der Waals surface area contributed by atoms with Gasteiger partial charge in [0, 0.05) is 25.8 Å². The van der Waals surface area contributed by atoms with Crippen molar-refractivity contribution in [3.63, 3.8) is 0 Å². The molecule has 172 valence electrons. The zero-order valence-electron chi connectivity index (χ0n) is 17.8. The van der Waals surface area contributed by atoms with Crippen molar-refractivity contribution in [3.05, 3.63) is 93.6 Å². The summed E-state index contributed by atoms with van der Waals surface area (Å²) in [5.41, 5.74) is 7.82. The molecule has 0 saturated heterocycles. The minimum absolute atomic E-state index is 0.0616. The van der Waals surface area contributed by atoms with Crippen LogP contribution in [0.3, 0.4) is 0 Å². The van der Waals surface area contributed by atoms with E-state index in [0.717, 1.165) is 30.0 Å². The van der Waals surface area contributed by atoms with Crippen molar-refractivity contribution in [2.75, 3.05) is 18.4 Å². The number of aromatic nitrogens is 1. The summed E-state index contributed by atoms with van der Waals surface area (Å²) in [6, 6.07) is 17.0. The molecule has 1 aromatic heterocycles. The smallest absolute Gasteiger partial charge is 0.348 e. The van der Waals surface area contributed by atoms with Crippen molar-refractivity contribution in [1.82, 2.24) is 10.3 Å². The van der Waals surface area contributed by atoms with Crippen LogP contribution < -0.4 is 16.4 Å². The van der Waals surface area contributed by atoms with E-state index in [-0.39, 0.29) is 22.0 Å². The van der Waals surface area contributed by atoms with Gasteiger partial charge in [-0.1, -0.05) is 59.6 Å². The van der Waals surface area contributed by atoms with Crippen LogP contribution in [-0.4, -0.2) is 36.1 Å². The number of nitrogens with zero attached hydrogens (tertiary/aromatic N) is 1. The molecule has 1 heterocycles. The van der Waals surface area contributed by atoms with Gasteiger partial charge in [0.15, 0.2) is 0 Å². The summed E-state index contributed by atoms with van der Waals surface area (Å²) >= 11 is 11.9. The van der Waals surface area contributed by atoms with E-state index in [2.05, 4.69) is 15.6 Å². The van der Waals surface area contributed by atoms with Gasteiger partial charge in [0.2, 0.25) is 0 Å². The predicted octanol–water partition coefficient (Wildman–Crippen LogP) is 3.84. The number of carbonyl (C=O) groups is 2. The number of ether oxygens (including phenoxy) is 1. The maximum atomic E-state index is 12.3. The van der Waals surface area contributed by atoms with Gasteiger partial charge in [0.05, 0.1) is 15.6 Å². The normalized spacial score (nSPS) is 11.6. The second-order valence-corrected chi connectivity index (χ2v) is 8.07. The van der Waals surface area contributed by atoms with Crippen LogP contribution in [0.1, 0.15) is 21.5 Å². The number of pyridine rings is 1. The monoisotopic (exact) mass is 486 g/mol. The minimum Gasteiger partial charge on any atom is -0.388 e. The zero-order chi connectivity index (χ0) is 23.6. The van der Waals surface area contributed by atoms with Gasteiger partial charge >= 0.3 is 11.9 Å². The van der Waals surface area contributed by atoms with Crippen LogP contribution in [0.15, 0.2) is 66.9 Å². The number of nitrogens with two attached hydrogens (primary N) is 1. The van der Waals surface area contributed by atoms with Crippen LogP contribution in [0.25, 0.3) is 0 Å². The number of hydrogen-bond acceptors (Lipinski definition) is 7. The Labute approximate surface area is 202 Å². The standard InChI is InChI=1S/C24H24Cl2N4O3/c25-18-4-3-5-19(26)22(18)24(32)33-23(31)20(27)14-16-7-9-17(10-8-16)15-28-12-13-30-21-6-1-2-11-29-21/h1-11,20,28H,12-15,27H2,(H,29,30)/t20-/m0/s1. The molecule has 9 heteroatoms. The molecule has 3 aromatic rings. The van der Waals surface area contributed by atoms with Gasteiger partial charge in [-0.3, -0.25) is 0 Å². The highest BCUT2D eigenvalue weighted by Gasteiger charge is 2.23. The van der Waals surface area contributed by atoms with Gasteiger partial charge in [0.25, 0.3) is 0 Å². The number of benzene rings is 2. The minimum atomic E-state index is -1.00. The molecule has 0 aliphatic heterocycles. The molecule has 0 aliphatic rings. The summed E-state index contributed by atoms with van der Waals surface area (Å²) in [5.74, 6) is -0.928. The van der Waals surface area contributed by atoms with Crippen LogP contribution in [0.5, 0.6) is 0 Å². The lowest BCUT2D eigenvalue weighted by Crippen LogP contribution is -2.35. The number of halogens is 2. The summed E-state index contributed by atoms with van der Waals surface area (Å²) in [6.07, 6.45) is 1.97. The molecule has 0 spiro atoms. The van der Waals surface area contributed by atoms with Gasteiger partial charge in [0.1, 0.15) is 11.9 Å². The highest BCUT2D eigenvalue weighted by Crippen LogP contribution is 2.25. The Balaban J connectivity index is 1.42. The molecule has 0 fully saturated rings. The fourth-order valence-corrected chi connectivity index (χ4v) is 3.57. The fraction of sp³-hybridized carbons (Fsp3) is 0.208. The van der Waals surface area contributed by atoms with Crippen LogP contribution in [0.4, 0.5) is 5.82 Å². The van der Waals surface area contributed by atoms with Crippen molar-refractivity contribution < 1.29 is 14.3 Å². The average molecular weight is 487 g/mol. The number of nitrogens with one attached hydrogen (secondary N) is 2. The van der Waals surface area contributed by atoms with Crippen molar-refractivity contribution >= 4 is 41.0 Å². The SMILES string of the molecule is N[C@@H](Cc1ccc(CNCCNc2ccccn2)cc1)C(=O)OC(=O)c1c(Cl)cccc1Cl. The summed E-state index contributed by atoms with van der Waals surface area (Å²) < 4.78 is 4.87. The van der Waals surface area contributed by atoms with E-state index in [1.165, 1.54) is 12.1 Å². The summed E-state index contributed by atoms with van der Waals surface area (Å²) in [6.45, 7) is 2.23. The second kappa shape index (κ2) is 12.3. The van der Waals surface area contributed by atoms with Gasteiger partial charge in [-0.2, -0.15) is 0 Å². The highest BCUT2D eigenvalue weighted by molar-refractivity contribution is 6.39. The van der Waals surface area contributed by atoms with Crippen LogP contribution in [0, 0.1) is 0 Å². The molecule has 3 rings (SSSR count). The molecule has 0 bridgehead atoms. The Hall–Kier alpha value is -2.97. The molecule has 0 aliphatic carbocycles. The third-order valence-electron chi connectivity index (χ3n) is 4.74. The number of anilines is 1. The lowest BCUT2D eigenvalue weighted by molar-refractivity contribution is -0.139. The molecule has 0 radical (unpaired) electrons. The molecule has 0 amide bonds. The molecule has 7 nitrogen and oxygen atoms in total. The Morgan fingerprint density at radius 1 is 0.939 bits per heavy atom. The van der Waals surface area contributed by atoms with Gasteiger partial charge in [-0.15, -0.1) is 0 Å². The van der Waals surface area contributed by atoms with E-state index in [1.807, 2.05) is 42.5 Å². The van der Waals surface area contributed by atoms with E-state index in [1.54, 1.807) is 12.3 Å². The molecule has 4 N–H and O–H groups in total. The third kappa shape index (κ3) is 7.54. The first kappa shape index (κ1) is 24.7. The van der Waals surface area contributed by atoms with Crippen molar-refractivity contribution in [3.8, 4) is 0 Å². The maximum Gasteiger partial charge on any atom is 0.348 e. The second-order valence-electron chi connectivity index (χ2n) is 7.25. The topological polar surface area (TPSA) is 106 Å². The Morgan fingerprint density at radius 2 is 1.64 bits per heavy atom. The number of hydrogen-bond donors (Lipinski definition) is 3. The Bertz CT molecular complexity index is 1060. The maximum absolute atomic E-state index is 12.3. The number of carbonyl (C=O) groups excluding carboxylic acids is 2. The van der Waals surface area contributed by atoms with E-state index in [4.69, 9.17) is 33.7 Å². The van der Waals surface area contributed by atoms with Gasteiger partial charge in [-0.25, -0.2) is 14.6 Å². The summed E-state index contributed by atoms with van der Waals surface area (Å²) in [5, 5.41) is 6.79. The van der Waals surface area contributed by atoms with E-state index in [0.29, 0.717) is 6.54 Å².